The largest absolute Gasteiger partial charge is 0.465 e. The first-order valence-corrected chi connectivity index (χ1v) is 16.5. The molecular formula is C34H31Cl2N3O4S. The summed E-state index contributed by atoms with van der Waals surface area (Å²) in [5, 5.41) is 0.953. The molecule has 44 heavy (non-hydrogen) atoms. The van der Waals surface area contributed by atoms with Gasteiger partial charge in [-0.1, -0.05) is 85.6 Å². The summed E-state index contributed by atoms with van der Waals surface area (Å²) in [5.41, 5.74) is 6.64. The number of benzene rings is 4. The van der Waals surface area contributed by atoms with E-state index in [1.165, 1.54) is 18.7 Å². The first-order valence-electron chi connectivity index (χ1n) is 13.9. The number of nitrogens with one attached hydrogen (secondary N) is 1. The minimum Gasteiger partial charge on any atom is -0.465 e. The third-order valence-corrected chi connectivity index (χ3v) is 8.31. The van der Waals surface area contributed by atoms with Crippen LogP contribution in [-0.2, 0) is 21.2 Å². The highest BCUT2D eigenvalue weighted by Crippen LogP contribution is 2.33. The molecule has 0 amide bonds. The van der Waals surface area contributed by atoms with Crippen LogP contribution in [0, 0.1) is 0 Å². The molecule has 0 aliphatic rings. The predicted octanol–water partition coefficient (Wildman–Crippen LogP) is 8.39. The highest BCUT2D eigenvalue weighted by molar-refractivity contribution is 7.92. The summed E-state index contributed by atoms with van der Waals surface area (Å²) in [6, 6.07) is 26.9. The first-order chi connectivity index (χ1) is 20.9. The Morgan fingerprint density at radius 1 is 0.955 bits per heavy atom. The third kappa shape index (κ3) is 7.16. The van der Waals surface area contributed by atoms with Crippen LogP contribution in [0.3, 0.4) is 0 Å². The molecule has 226 valence electrons. The van der Waals surface area contributed by atoms with E-state index in [9.17, 15) is 13.2 Å². The number of hydrogen-bond donors (Lipinski definition) is 1. The molecule has 0 aliphatic carbocycles. The average molecular weight is 649 g/mol. The van der Waals surface area contributed by atoms with Gasteiger partial charge in [0.15, 0.2) is 0 Å². The SMILES string of the molecule is COC(=O)c1ccc(-n2cc(-c3ccc(Cl)cc3Cl)nc2Cc2ccc(-c3cccc(C(C)C)c3)cc2)cc1NS(C)(=O)=O. The minimum absolute atomic E-state index is 0.0847. The Morgan fingerprint density at radius 3 is 2.36 bits per heavy atom. The zero-order valence-corrected chi connectivity index (χ0v) is 27.0. The van der Waals surface area contributed by atoms with Crippen LogP contribution in [0.1, 0.15) is 47.1 Å². The molecule has 7 nitrogen and oxygen atoms in total. The van der Waals surface area contributed by atoms with Crippen LogP contribution in [0.15, 0.2) is 91.1 Å². The molecule has 0 atom stereocenters. The second-order valence-corrected chi connectivity index (χ2v) is 13.4. The molecule has 0 bridgehead atoms. The highest BCUT2D eigenvalue weighted by atomic mass is 35.5. The van der Waals surface area contributed by atoms with Gasteiger partial charge in [0.1, 0.15) is 5.82 Å². The quantitative estimate of drug-likeness (QED) is 0.162. The Morgan fingerprint density at radius 2 is 1.70 bits per heavy atom. The van der Waals surface area contributed by atoms with Crippen molar-refractivity contribution < 1.29 is 17.9 Å². The summed E-state index contributed by atoms with van der Waals surface area (Å²) < 4.78 is 33.4. The molecule has 4 aromatic carbocycles. The van der Waals surface area contributed by atoms with Crippen LogP contribution in [0.4, 0.5) is 5.69 Å². The molecule has 5 rings (SSSR count). The summed E-state index contributed by atoms with van der Waals surface area (Å²) in [4.78, 5) is 17.3. The molecule has 0 saturated carbocycles. The van der Waals surface area contributed by atoms with E-state index in [1.807, 2.05) is 10.8 Å². The summed E-state index contributed by atoms with van der Waals surface area (Å²) in [6.07, 6.45) is 3.31. The Kier molecular flexibility index (Phi) is 9.15. The molecule has 0 spiro atoms. The maximum atomic E-state index is 12.4. The number of ether oxygens (including phenoxy) is 1. The Labute approximate surface area is 267 Å². The van der Waals surface area contributed by atoms with E-state index < -0.39 is 16.0 Å². The Hall–Kier alpha value is -4.11. The molecule has 1 N–H and O–H groups in total. The van der Waals surface area contributed by atoms with Gasteiger partial charge in [0, 0.05) is 28.9 Å². The zero-order chi connectivity index (χ0) is 31.6. The number of hydrogen-bond acceptors (Lipinski definition) is 5. The van der Waals surface area contributed by atoms with Crippen LogP contribution in [0.2, 0.25) is 10.0 Å². The lowest BCUT2D eigenvalue weighted by Crippen LogP contribution is -2.15. The molecule has 5 aromatic rings. The van der Waals surface area contributed by atoms with Crippen molar-refractivity contribution in [1.82, 2.24) is 9.55 Å². The first kappa shape index (κ1) is 31.3. The standard InChI is InChI=1S/C34H31Cl2N3O4S/c1-21(2)24-6-5-7-25(17-24)23-10-8-22(9-11-23)16-33-37-32(28-14-12-26(35)18-30(28)36)20-39(33)27-13-15-29(34(40)43-3)31(19-27)38-44(4,41)42/h5-15,17-21,38H,16H2,1-4H3. The third-order valence-electron chi connectivity index (χ3n) is 7.17. The second kappa shape index (κ2) is 12.9. The second-order valence-electron chi connectivity index (χ2n) is 10.8. The molecule has 0 fully saturated rings. The summed E-state index contributed by atoms with van der Waals surface area (Å²) in [6.45, 7) is 4.36. The van der Waals surface area contributed by atoms with Gasteiger partial charge in [-0.15, -0.1) is 0 Å². The predicted molar refractivity (Wildman–Crippen MR) is 178 cm³/mol. The fraction of sp³-hybridized carbons (Fsp3) is 0.176. The summed E-state index contributed by atoms with van der Waals surface area (Å²) in [5.74, 6) is 0.448. The number of nitrogens with zero attached hydrogens (tertiary/aromatic N) is 2. The lowest BCUT2D eigenvalue weighted by molar-refractivity contribution is 0.0602. The monoisotopic (exact) mass is 647 g/mol. The molecule has 0 aliphatic heterocycles. The average Bonchev–Trinajstić information content (AvgIpc) is 3.39. The van der Waals surface area contributed by atoms with Crippen LogP contribution in [0.25, 0.3) is 28.1 Å². The number of imidazole rings is 1. The fourth-order valence-corrected chi connectivity index (χ4v) is 6.00. The number of carbonyl (C=O) groups is 1. The lowest BCUT2D eigenvalue weighted by Gasteiger charge is -2.14. The minimum atomic E-state index is -3.69. The number of sulfonamides is 1. The number of halogens is 2. The molecule has 1 aromatic heterocycles. The molecule has 0 saturated heterocycles. The van der Waals surface area contributed by atoms with Gasteiger partial charge >= 0.3 is 5.97 Å². The van der Waals surface area contributed by atoms with Gasteiger partial charge in [-0.25, -0.2) is 18.2 Å². The van der Waals surface area contributed by atoms with Crippen molar-refractivity contribution in [3.8, 4) is 28.1 Å². The molecule has 1 heterocycles. The van der Waals surface area contributed by atoms with E-state index in [1.54, 1.807) is 30.3 Å². The molecular weight excluding hydrogens is 617 g/mol. The van der Waals surface area contributed by atoms with E-state index in [0.29, 0.717) is 45.2 Å². The number of esters is 1. The van der Waals surface area contributed by atoms with Crippen LogP contribution in [0.5, 0.6) is 0 Å². The molecule has 0 radical (unpaired) electrons. The van der Waals surface area contributed by atoms with E-state index >= 15 is 0 Å². The number of carbonyl (C=O) groups excluding carboxylic acids is 1. The van der Waals surface area contributed by atoms with E-state index in [-0.39, 0.29) is 11.3 Å². The zero-order valence-electron chi connectivity index (χ0n) is 24.6. The highest BCUT2D eigenvalue weighted by Gasteiger charge is 2.19. The maximum Gasteiger partial charge on any atom is 0.339 e. The van der Waals surface area contributed by atoms with Crippen LogP contribution >= 0.6 is 23.2 Å². The number of rotatable bonds is 9. The smallest absolute Gasteiger partial charge is 0.339 e. The normalized spacial score (nSPS) is 11.5. The lowest BCUT2D eigenvalue weighted by atomic mass is 9.96. The molecule has 10 heteroatoms. The number of anilines is 1. The van der Waals surface area contributed by atoms with Crippen molar-refractivity contribution in [1.29, 1.82) is 0 Å². The van der Waals surface area contributed by atoms with Gasteiger partial charge in [-0.2, -0.15) is 0 Å². The van der Waals surface area contributed by atoms with E-state index in [2.05, 4.69) is 67.1 Å². The van der Waals surface area contributed by atoms with E-state index in [4.69, 9.17) is 32.9 Å². The van der Waals surface area contributed by atoms with Gasteiger partial charge in [-0.05, 0) is 64.6 Å². The van der Waals surface area contributed by atoms with Crippen molar-refractivity contribution in [3.63, 3.8) is 0 Å². The van der Waals surface area contributed by atoms with Gasteiger partial charge in [-0.3, -0.25) is 4.72 Å². The summed E-state index contributed by atoms with van der Waals surface area (Å²) in [7, 11) is -2.45. The topological polar surface area (TPSA) is 90.3 Å². The maximum absolute atomic E-state index is 12.4. The van der Waals surface area contributed by atoms with Crippen molar-refractivity contribution in [2.45, 2.75) is 26.2 Å². The van der Waals surface area contributed by atoms with Crippen LogP contribution < -0.4 is 4.72 Å². The fourth-order valence-electron chi connectivity index (χ4n) is 4.92. The Balaban J connectivity index is 1.57. The van der Waals surface area contributed by atoms with Gasteiger partial charge in [0.05, 0.1) is 35.3 Å². The van der Waals surface area contributed by atoms with Crippen molar-refractivity contribution in [2.75, 3.05) is 18.1 Å². The number of methoxy groups -OCH3 is 1. The van der Waals surface area contributed by atoms with Gasteiger partial charge < -0.3 is 9.30 Å². The van der Waals surface area contributed by atoms with Gasteiger partial charge in [0.25, 0.3) is 0 Å². The van der Waals surface area contributed by atoms with Crippen molar-refractivity contribution >= 4 is 44.9 Å². The molecule has 0 unspecified atom stereocenters. The number of aromatic nitrogens is 2. The van der Waals surface area contributed by atoms with Crippen LogP contribution in [-0.4, -0.2) is 37.3 Å². The van der Waals surface area contributed by atoms with Gasteiger partial charge in [0.2, 0.25) is 10.0 Å². The van der Waals surface area contributed by atoms with Crippen molar-refractivity contribution in [3.05, 3.63) is 124 Å². The summed E-state index contributed by atoms with van der Waals surface area (Å²) >= 11 is 12.7. The Bertz CT molecular complexity index is 1950. The van der Waals surface area contributed by atoms with E-state index in [0.717, 1.165) is 22.9 Å². The van der Waals surface area contributed by atoms with Crippen molar-refractivity contribution in [2.24, 2.45) is 0 Å².